The Balaban J connectivity index is 1.83. The van der Waals surface area contributed by atoms with Crippen molar-refractivity contribution in [1.82, 2.24) is 9.97 Å². The molecule has 4 aromatic carbocycles. The molecule has 0 unspecified atom stereocenters. The Morgan fingerprint density at radius 3 is 2.18 bits per heavy atom. The molecule has 6 aromatic rings. The molecule has 6 rings (SSSR count). The standard InChI is InChI=1S/C24H13ClN2S/c25-24-26-19-11-5-3-9-16(19)23(27-24)18-13-21-22(15-8-2-1-7-14(15)18)17-10-4-6-12-20(17)28-21/h1-13H. The third kappa shape index (κ3) is 2.27. The molecule has 0 N–H and O–H groups in total. The van der Waals surface area contributed by atoms with E-state index >= 15 is 0 Å². The van der Waals surface area contributed by atoms with Crippen molar-refractivity contribution in [3.8, 4) is 11.3 Å². The first-order chi connectivity index (χ1) is 13.8. The Hall–Kier alpha value is -3.01. The van der Waals surface area contributed by atoms with Crippen molar-refractivity contribution < 1.29 is 0 Å². The summed E-state index contributed by atoms with van der Waals surface area (Å²) in [6, 6.07) is 27.4. The van der Waals surface area contributed by atoms with E-state index in [0.717, 1.165) is 22.2 Å². The minimum absolute atomic E-state index is 0.272. The Morgan fingerprint density at radius 2 is 1.32 bits per heavy atom. The Bertz CT molecular complexity index is 1530. The van der Waals surface area contributed by atoms with Gasteiger partial charge in [0.15, 0.2) is 0 Å². The quantitative estimate of drug-likeness (QED) is 0.269. The van der Waals surface area contributed by atoms with E-state index in [1.165, 1.54) is 30.9 Å². The zero-order valence-corrected chi connectivity index (χ0v) is 16.3. The van der Waals surface area contributed by atoms with Crippen LogP contribution >= 0.6 is 22.9 Å². The molecule has 0 aliphatic rings. The number of para-hydroxylation sites is 1. The SMILES string of the molecule is Clc1nc(-c2cc3sc4ccccc4c3c3ccccc23)c2ccccc2n1. The highest BCUT2D eigenvalue weighted by atomic mass is 35.5. The van der Waals surface area contributed by atoms with Gasteiger partial charge < -0.3 is 0 Å². The predicted molar refractivity (Wildman–Crippen MR) is 120 cm³/mol. The van der Waals surface area contributed by atoms with Crippen molar-refractivity contribution in [2.75, 3.05) is 0 Å². The van der Waals surface area contributed by atoms with Crippen LogP contribution in [0, 0.1) is 0 Å². The highest BCUT2D eigenvalue weighted by Gasteiger charge is 2.16. The number of halogens is 1. The van der Waals surface area contributed by atoms with Gasteiger partial charge >= 0.3 is 0 Å². The molecule has 4 heteroatoms. The fourth-order valence-electron chi connectivity index (χ4n) is 4.04. The van der Waals surface area contributed by atoms with Gasteiger partial charge in [-0.2, -0.15) is 0 Å². The van der Waals surface area contributed by atoms with Crippen LogP contribution in [0.5, 0.6) is 0 Å². The van der Waals surface area contributed by atoms with Gasteiger partial charge in [-0.15, -0.1) is 11.3 Å². The van der Waals surface area contributed by atoms with Crippen molar-refractivity contribution in [2.24, 2.45) is 0 Å². The first kappa shape index (κ1) is 16.0. The van der Waals surface area contributed by atoms with Crippen LogP contribution in [0.3, 0.4) is 0 Å². The van der Waals surface area contributed by atoms with Crippen molar-refractivity contribution in [3.63, 3.8) is 0 Å². The molecular weight excluding hydrogens is 384 g/mol. The summed E-state index contributed by atoms with van der Waals surface area (Å²) in [4.78, 5) is 9.04. The molecule has 0 spiro atoms. The van der Waals surface area contributed by atoms with E-state index in [-0.39, 0.29) is 5.28 Å². The maximum atomic E-state index is 6.29. The van der Waals surface area contributed by atoms with Crippen molar-refractivity contribution in [3.05, 3.63) is 84.1 Å². The topological polar surface area (TPSA) is 25.8 Å². The highest BCUT2D eigenvalue weighted by molar-refractivity contribution is 7.26. The molecule has 132 valence electrons. The van der Waals surface area contributed by atoms with E-state index in [0.29, 0.717) is 0 Å². The predicted octanol–water partition coefficient (Wildman–Crippen LogP) is 7.47. The van der Waals surface area contributed by atoms with E-state index in [1.807, 2.05) is 29.5 Å². The molecule has 0 atom stereocenters. The van der Waals surface area contributed by atoms with E-state index < -0.39 is 0 Å². The van der Waals surface area contributed by atoms with Gasteiger partial charge in [-0.1, -0.05) is 60.7 Å². The Kier molecular flexibility index (Phi) is 3.42. The van der Waals surface area contributed by atoms with Crippen molar-refractivity contribution >= 4 is 64.8 Å². The highest BCUT2D eigenvalue weighted by Crippen LogP contribution is 2.43. The summed E-state index contributed by atoms with van der Waals surface area (Å²) >= 11 is 8.11. The van der Waals surface area contributed by atoms with Gasteiger partial charge in [-0.3, -0.25) is 0 Å². The van der Waals surface area contributed by atoms with Crippen LogP contribution in [0.4, 0.5) is 0 Å². The molecule has 0 bridgehead atoms. The zero-order valence-electron chi connectivity index (χ0n) is 14.7. The summed E-state index contributed by atoms with van der Waals surface area (Å²) in [5, 5.41) is 6.32. The van der Waals surface area contributed by atoms with Gasteiger partial charge in [0, 0.05) is 31.1 Å². The van der Waals surface area contributed by atoms with Crippen LogP contribution in [-0.2, 0) is 0 Å². The number of nitrogens with zero attached hydrogens (tertiary/aromatic N) is 2. The minimum atomic E-state index is 0.272. The summed E-state index contributed by atoms with van der Waals surface area (Å²) in [6.45, 7) is 0. The summed E-state index contributed by atoms with van der Waals surface area (Å²) in [5.74, 6) is 0. The number of benzene rings is 4. The second-order valence-corrected chi connectivity index (χ2v) is 8.22. The number of thiophene rings is 1. The van der Waals surface area contributed by atoms with Crippen LogP contribution in [0.2, 0.25) is 5.28 Å². The fourth-order valence-corrected chi connectivity index (χ4v) is 5.38. The monoisotopic (exact) mass is 396 g/mol. The van der Waals surface area contributed by atoms with E-state index in [2.05, 4.69) is 70.6 Å². The summed E-state index contributed by atoms with van der Waals surface area (Å²) in [6.07, 6.45) is 0. The molecule has 0 aliphatic heterocycles. The summed E-state index contributed by atoms with van der Waals surface area (Å²) < 4.78 is 2.55. The molecule has 0 fully saturated rings. The molecule has 0 radical (unpaired) electrons. The molecule has 0 amide bonds. The third-order valence-electron chi connectivity index (χ3n) is 5.22. The van der Waals surface area contributed by atoms with E-state index in [4.69, 9.17) is 11.6 Å². The molecule has 0 aliphatic carbocycles. The Morgan fingerprint density at radius 1 is 0.643 bits per heavy atom. The van der Waals surface area contributed by atoms with Gasteiger partial charge in [0.25, 0.3) is 0 Å². The second kappa shape index (κ2) is 5.99. The zero-order chi connectivity index (χ0) is 18.7. The molecular formula is C24H13ClN2S. The number of hydrogen-bond donors (Lipinski definition) is 0. The molecule has 2 heterocycles. The summed E-state index contributed by atoms with van der Waals surface area (Å²) in [7, 11) is 0. The lowest BCUT2D eigenvalue weighted by atomic mass is 9.96. The number of aromatic nitrogens is 2. The van der Waals surface area contributed by atoms with Gasteiger partial charge in [0.05, 0.1) is 11.2 Å². The molecule has 2 nitrogen and oxygen atoms in total. The number of fused-ring (bicyclic) bond motifs is 6. The first-order valence-corrected chi connectivity index (χ1v) is 10.2. The van der Waals surface area contributed by atoms with Gasteiger partial charge in [-0.25, -0.2) is 9.97 Å². The lowest BCUT2D eigenvalue weighted by molar-refractivity contribution is 1.23. The van der Waals surface area contributed by atoms with Crippen LogP contribution in [0.15, 0.2) is 78.9 Å². The van der Waals surface area contributed by atoms with Gasteiger partial charge in [-0.05, 0) is 40.6 Å². The van der Waals surface area contributed by atoms with Crippen LogP contribution < -0.4 is 0 Å². The van der Waals surface area contributed by atoms with Gasteiger partial charge in [0.2, 0.25) is 5.28 Å². The number of rotatable bonds is 1. The van der Waals surface area contributed by atoms with Crippen molar-refractivity contribution in [2.45, 2.75) is 0 Å². The largest absolute Gasteiger partial charge is 0.223 e. The maximum Gasteiger partial charge on any atom is 0.223 e. The molecule has 28 heavy (non-hydrogen) atoms. The van der Waals surface area contributed by atoms with Gasteiger partial charge in [0.1, 0.15) is 0 Å². The lowest BCUT2D eigenvalue weighted by Gasteiger charge is -2.11. The maximum absolute atomic E-state index is 6.29. The normalized spacial score (nSPS) is 11.8. The van der Waals surface area contributed by atoms with Crippen LogP contribution in [0.25, 0.3) is 53.1 Å². The molecule has 0 saturated carbocycles. The minimum Gasteiger partial charge on any atom is -0.218 e. The fraction of sp³-hybridized carbons (Fsp3) is 0. The molecule has 0 saturated heterocycles. The lowest BCUT2D eigenvalue weighted by Crippen LogP contribution is -1.92. The molecule has 2 aromatic heterocycles. The Labute approximate surface area is 170 Å². The average Bonchev–Trinajstić information content (AvgIpc) is 3.11. The van der Waals surface area contributed by atoms with Crippen molar-refractivity contribution in [1.29, 1.82) is 0 Å². The van der Waals surface area contributed by atoms with Crippen LogP contribution in [-0.4, -0.2) is 9.97 Å². The second-order valence-electron chi connectivity index (χ2n) is 6.80. The smallest absolute Gasteiger partial charge is 0.218 e. The van der Waals surface area contributed by atoms with Crippen LogP contribution in [0.1, 0.15) is 0 Å². The third-order valence-corrected chi connectivity index (χ3v) is 6.50. The number of hydrogen-bond acceptors (Lipinski definition) is 3. The van der Waals surface area contributed by atoms with E-state index in [9.17, 15) is 0 Å². The average molecular weight is 397 g/mol. The summed E-state index contributed by atoms with van der Waals surface area (Å²) in [5.41, 5.74) is 2.83. The first-order valence-electron chi connectivity index (χ1n) is 9.05. The van der Waals surface area contributed by atoms with E-state index in [1.54, 1.807) is 0 Å².